The molecular formula is C10H9N2. The Morgan fingerprint density at radius 1 is 1.42 bits per heavy atom. The van der Waals surface area contributed by atoms with Crippen LogP contribution in [0.25, 0.3) is 0 Å². The molecule has 0 fully saturated rings. The average Bonchev–Trinajstić information content (AvgIpc) is 2.17. The zero-order valence-electron chi connectivity index (χ0n) is 6.80. The van der Waals surface area contributed by atoms with E-state index in [9.17, 15) is 0 Å². The topological polar surface area (TPSA) is 36.7 Å². The fourth-order valence-electron chi connectivity index (χ4n) is 1.59. The smallest absolute Gasteiger partial charge is 0.108 e. The lowest BCUT2D eigenvalue weighted by Crippen LogP contribution is -2.05. The molecule has 2 heteroatoms. The maximum absolute atomic E-state index is 8.62. The van der Waals surface area contributed by atoms with Gasteiger partial charge in [-0.1, -0.05) is 0 Å². The fraction of sp³-hybridized carbons (Fsp3) is 0.400. The SMILES string of the molecule is N#Cc1[c]nc2c(c1)CCCC2. The van der Waals surface area contributed by atoms with Gasteiger partial charge in [0.25, 0.3) is 0 Å². The summed E-state index contributed by atoms with van der Waals surface area (Å²) in [6.45, 7) is 0. The third-order valence-corrected chi connectivity index (χ3v) is 2.23. The Morgan fingerprint density at radius 2 is 2.25 bits per heavy atom. The lowest BCUT2D eigenvalue weighted by molar-refractivity contribution is 0.667. The number of fused-ring (bicyclic) bond motifs is 1. The van der Waals surface area contributed by atoms with Crippen LogP contribution in [-0.4, -0.2) is 4.98 Å². The van der Waals surface area contributed by atoms with Crippen molar-refractivity contribution in [1.29, 1.82) is 5.26 Å². The first-order valence-electron chi connectivity index (χ1n) is 4.21. The maximum atomic E-state index is 8.62. The molecule has 0 bridgehead atoms. The van der Waals surface area contributed by atoms with Gasteiger partial charge in [0.1, 0.15) is 12.3 Å². The Bertz CT molecular complexity index is 336. The maximum Gasteiger partial charge on any atom is 0.108 e. The van der Waals surface area contributed by atoms with Crippen LogP contribution < -0.4 is 0 Å². The van der Waals surface area contributed by atoms with Gasteiger partial charge in [0.15, 0.2) is 0 Å². The monoisotopic (exact) mass is 157 g/mol. The van der Waals surface area contributed by atoms with Gasteiger partial charge in [-0.15, -0.1) is 0 Å². The minimum atomic E-state index is 0.565. The summed E-state index contributed by atoms with van der Waals surface area (Å²) in [6, 6.07) is 3.98. The summed E-state index contributed by atoms with van der Waals surface area (Å²) in [5.41, 5.74) is 2.95. The summed E-state index contributed by atoms with van der Waals surface area (Å²) < 4.78 is 0. The number of aryl methyl sites for hydroxylation is 2. The molecule has 2 nitrogen and oxygen atoms in total. The normalized spacial score (nSPS) is 14.9. The quantitative estimate of drug-likeness (QED) is 0.574. The van der Waals surface area contributed by atoms with E-state index >= 15 is 0 Å². The lowest BCUT2D eigenvalue weighted by atomic mass is 9.95. The minimum Gasteiger partial charge on any atom is -0.249 e. The second-order valence-electron chi connectivity index (χ2n) is 3.07. The number of pyridine rings is 1. The van der Waals surface area contributed by atoms with Gasteiger partial charge in [-0.25, -0.2) is 4.98 Å². The highest BCUT2D eigenvalue weighted by Gasteiger charge is 2.10. The molecule has 0 spiro atoms. The van der Waals surface area contributed by atoms with E-state index < -0.39 is 0 Å². The molecule has 1 aliphatic carbocycles. The number of hydrogen-bond acceptors (Lipinski definition) is 2. The fourth-order valence-corrected chi connectivity index (χ4v) is 1.59. The predicted molar refractivity (Wildman–Crippen MR) is 44.4 cm³/mol. The second-order valence-corrected chi connectivity index (χ2v) is 3.07. The van der Waals surface area contributed by atoms with Gasteiger partial charge in [0.05, 0.1) is 5.56 Å². The van der Waals surface area contributed by atoms with E-state index in [0.717, 1.165) is 18.5 Å². The summed E-state index contributed by atoms with van der Waals surface area (Å²) in [4.78, 5) is 4.14. The summed E-state index contributed by atoms with van der Waals surface area (Å²) in [6.07, 6.45) is 7.31. The van der Waals surface area contributed by atoms with Crippen molar-refractivity contribution >= 4 is 0 Å². The van der Waals surface area contributed by atoms with Crippen LogP contribution in [0.3, 0.4) is 0 Å². The molecule has 1 aromatic rings. The van der Waals surface area contributed by atoms with E-state index in [1.165, 1.54) is 18.4 Å². The van der Waals surface area contributed by atoms with E-state index in [1.807, 2.05) is 6.07 Å². The van der Waals surface area contributed by atoms with E-state index in [1.54, 1.807) is 0 Å². The van der Waals surface area contributed by atoms with E-state index in [4.69, 9.17) is 5.26 Å². The highest BCUT2D eigenvalue weighted by atomic mass is 14.7. The molecule has 0 amide bonds. The van der Waals surface area contributed by atoms with Crippen molar-refractivity contribution in [3.8, 4) is 6.07 Å². The van der Waals surface area contributed by atoms with Crippen molar-refractivity contribution in [2.24, 2.45) is 0 Å². The van der Waals surface area contributed by atoms with Gasteiger partial charge >= 0.3 is 0 Å². The Morgan fingerprint density at radius 3 is 3.08 bits per heavy atom. The number of nitrogens with zero attached hydrogens (tertiary/aromatic N) is 2. The van der Waals surface area contributed by atoms with Gasteiger partial charge in [-0.2, -0.15) is 5.26 Å². The van der Waals surface area contributed by atoms with Crippen molar-refractivity contribution in [2.75, 3.05) is 0 Å². The molecule has 59 valence electrons. The number of nitriles is 1. The third-order valence-electron chi connectivity index (χ3n) is 2.23. The molecule has 1 aliphatic rings. The zero-order valence-corrected chi connectivity index (χ0v) is 6.80. The number of aromatic nitrogens is 1. The Balaban J connectivity index is 2.44. The molecule has 0 aliphatic heterocycles. The predicted octanol–water partition coefficient (Wildman–Crippen LogP) is 1.63. The van der Waals surface area contributed by atoms with E-state index in [2.05, 4.69) is 17.3 Å². The standard InChI is InChI=1S/C10H9N2/c11-6-8-5-9-3-1-2-4-10(9)12-7-8/h5H,1-4H2. The van der Waals surface area contributed by atoms with Gasteiger partial charge in [0, 0.05) is 5.69 Å². The number of hydrogen-bond donors (Lipinski definition) is 0. The molecule has 1 heterocycles. The van der Waals surface area contributed by atoms with Crippen LogP contribution >= 0.6 is 0 Å². The summed E-state index contributed by atoms with van der Waals surface area (Å²) in [5.74, 6) is 0. The van der Waals surface area contributed by atoms with E-state index in [0.29, 0.717) is 5.56 Å². The largest absolute Gasteiger partial charge is 0.249 e. The van der Waals surface area contributed by atoms with Crippen LogP contribution in [0.15, 0.2) is 6.07 Å². The van der Waals surface area contributed by atoms with Crippen molar-refractivity contribution in [1.82, 2.24) is 4.98 Å². The average molecular weight is 157 g/mol. The van der Waals surface area contributed by atoms with Crippen molar-refractivity contribution in [2.45, 2.75) is 25.7 Å². The first kappa shape index (κ1) is 7.30. The highest BCUT2D eigenvalue weighted by molar-refractivity contribution is 5.33. The van der Waals surface area contributed by atoms with Crippen LogP contribution in [0.5, 0.6) is 0 Å². The molecule has 1 aromatic heterocycles. The third kappa shape index (κ3) is 1.18. The summed E-state index contributed by atoms with van der Waals surface area (Å²) in [5, 5.41) is 8.62. The van der Waals surface area contributed by atoms with Crippen LogP contribution in [-0.2, 0) is 12.8 Å². The number of rotatable bonds is 0. The van der Waals surface area contributed by atoms with Crippen LogP contribution in [0.1, 0.15) is 29.7 Å². The Hall–Kier alpha value is -1.36. The highest BCUT2D eigenvalue weighted by Crippen LogP contribution is 2.19. The molecule has 0 N–H and O–H groups in total. The molecule has 0 aromatic carbocycles. The van der Waals surface area contributed by atoms with Crippen molar-refractivity contribution < 1.29 is 0 Å². The first-order valence-corrected chi connectivity index (χ1v) is 4.21. The first-order chi connectivity index (χ1) is 5.90. The summed E-state index contributed by atoms with van der Waals surface area (Å²) in [7, 11) is 0. The minimum absolute atomic E-state index is 0.565. The molecular weight excluding hydrogens is 148 g/mol. The van der Waals surface area contributed by atoms with Crippen LogP contribution in [0.2, 0.25) is 0 Å². The second kappa shape index (κ2) is 2.94. The molecule has 0 atom stereocenters. The molecule has 12 heavy (non-hydrogen) atoms. The summed E-state index contributed by atoms with van der Waals surface area (Å²) >= 11 is 0. The van der Waals surface area contributed by atoms with Gasteiger partial charge in [0.2, 0.25) is 0 Å². The van der Waals surface area contributed by atoms with Gasteiger partial charge < -0.3 is 0 Å². The molecule has 1 radical (unpaired) electrons. The lowest BCUT2D eigenvalue weighted by Gasteiger charge is -2.13. The van der Waals surface area contributed by atoms with Crippen molar-refractivity contribution in [3.63, 3.8) is 0 Å². The molecule has 0 saturated carbocycles. The molecule has 0 saturated heterocycles. The van der Waals surface area contributed by atoms with Gasteiger partial charge in [-0.3, -0.25) is 0 Å². The van der Waals surface area contributed by atoms with Crippen LogP contribution in [0.4, 0.5) is 0 Å². The van der Waals surface area contributed by atoms with Crippen LogP contribution in [0, 0.1) is 17.5 Å². The zero-order chi connectivity index (χ0) is 8.39. The van der Waals surface area contributed by atoms with Gasteiger partial charge in [-0.05, 0) is 37.3 Å². The molecule has 2 rings (SSSR count). The Labute approximate surface area is 71.9 Å². The molecule has 0 unspecified atom stereocenters. The van der Waals surface area contributed by atoms with Crippen molar-refractivity contribution in [3.05, 3.63) is 29.1 Å². The Kier molecular flexibility index (Phi) is 1.79. The van der Waals surface area contributed by atoms with E-state index in [-0.39, 0.29) is 0 Å².